The summed E-state index contributed by atoms with van der Waals surface area (Å²) in [6, 6.07) is 12.9. The molecule has 0 bridgehead atoms. The van der Waals surface area contributed by atoms with Crippen molar-refractivity contribution in [2.45, 2.75) is 6.54 Å². The summed E-state index contributed by atoms with van der Waals surface area (Å²) in [4.78, 5) is 9.28. The lowest BCUT2D eigenvalue weighted by Gasteiger charge is -2.23. The third kappa shape index (κ3) is 2.16. The summed E-state index contributed by atoms with van der Waals surface area (Å²) in [5.74, 6) is 0. The van der Waals surface area contributed by atoms with Crippen molar-refractivity contribution in [3.05, 3.63) is 53.5 Å². The number of fused-ring (bicyclic) bond motifs is 2. The topological polar surface area (TPSA) is 19.4 Å². The lowest BCUT2D eigenvalue weighted by Crippen LogP contribution is -2.29. The first-order valence-electron chi connectivity index (χ1n) is 7.19. The number of likely N-dealkylation sites (N-methyl/N-ethyl adjacent to an activating group) is 1. The summed E-state index contributed by atoms with van der Waals surface area (Å²) >= 11 is 1.78. The van der Waals surface area contributed by atoms with E-state index in [4.69, 9.17) is 0 Å². The van der Waals surface area contributed by atoms with E-state index in [1.807, 2.05) is 6.20 Å². The minimum atomic E-state index is 0.956. The van der Waals surface area contributed by atoms with Gasteiger partial charge in [0.1, 0.15) is 0 Å². The molecule has 0 N–H and O–H groups in total. The number of anilines is 2. The van der Waals surface area contributed by atoms with Gasteiger partial charge in [0.15, 0.2) is 0 Å². The third-order valence-electron chi connectivity index (χ3n) is 4.13. The van der Waals surface area contributed by atoms with Crippen molar-refractivity contribution >= 4 is 32.9 Å². The molecule has 0 amide bonds. The Morgan fingerprint density at radius 1 is 1.05 bits per heavy atom. The maximum atomic E-state index is 4.45. The number of hydrogen-bond donors (Lipinski definition) is 0. The van der Waals surface area contributed by atoms with Crippen LogP contribution in [-0.2, 0) is 6.54 Å². The number of pyridine rings is 1. The zero-order chi connectivity index (χ0) is 14.2. The molecule has 1 aliphatic heterocycles. The Hall–Kier alpha value is -2.07. The van der Waals surface area contributed by atoms with Gasteiger partial charge in [-0.25, -0.2) is 0 Å². The summed E-state index contributed by atoms with van der Waals surface area (Å²) in [5.41, 5.74) is 5.14. The van der Waals surface area contributed by atoms with Gasteiger partial charge >= 0.3 is 0 Å². The second kappa shape index (κ2) is 5.04. The quantitative estimate of drug-likeness (QED) is 0.681. The molecule has 3 heterocycles. The summed E-state index contributed by atoms with van der Waals surface area (Å²) in [6.45, 7) is 3.02. The van der Waals surface area contributed by atoms with Gasteiger partial charge in [-0.2, -0.15) is 0 Å². The van der Waals surface area contributed by atoms with E-state index in [2.05, 4.69) is 63.6 Å². The highest BCUT2D eigenvalue weighted by Gasteiger charge is 2.19. The van der Waals surface area contributed by atoms with Gasteiger partial charge in [-0.05, 0) is 29.1 Å². The molecule has 0 saturated carbocycles. The van der Waals surface area contributed by atoms with Crippen LogP contribution in [0.5, 0.6) is 0 Å². The molecule has 3 aromatic rings. The van der Waals surface area contributed by atoms with E-state index in [1.54, 1.807) is 11.3 Å². The molecular weight excluding hydrogens is 278 g/mol. The number of aromatic nitrogens is 1. The highest BCUT2D eigenvalue weighted by atomic mass is 32.1. The molecule has 4 heteroatoms. The molecule has 0 radical (unpaired) electrons. The highest BCUT2D eigenvalue weighted by molar-refractivity contribution is 7.17. The SMILES string of the molecule is CN1CCN(c2ccnc3ccsc23)Cc2ccccc21. The molecule has 106 valence electrons. The summed E-state index contributed by atoms with van der Waals surface area (Å²) < 4.78 is 1.29. The Morgan fingerprint density at radius 2 is 1.95 bits per heavy atom. The highest BCUT2D eigenvalue weighted by Crippen LogP contribution is 2.33. The van der Waals surface area contributed by atoms with Crippen LogP contribution in [0.15, 0.2) is 48.0 Å². The molecule has 0 atom stereocenters. The predicted molar refractivity (Wildman–Crippen MR) is 90.4 cm³/mol. The molecule has 3 nitrogen and oxygen atoms in total. The Morgan fingerprint density at radius 3 is 2.90 bits per heavy atom. The Kier molecular flexibility index (Phi) is 3.04. The maximum absolute atomic E-state index is 4.45. The lowest BCUT2D eigenvalue weighted by molar-refractivity contribution is 0.801. The molecule has 0 saturated heterocycles. The molecule has 0 fully saturated rings. The van der Waals surface area contributed by atoms with E-state index in [0.29, 0.717) is 0 Å². The summed E-state index contributed by atoms with van der Waals surface area (Å²) in [5, 5.41) is 2.12. The molecule has 21 heavy (non-hydrogen) atoms. The van der Waals surface area contributed by atoms with E-state index < -0.39 is 0 Å². The third-order valence-corrected chi connectivity index (χ3v) is 5.06. The standard InChI is InChI=1S/C17H17N3S/c1-19-9-10-20(12-13-4-2-3-5-15(13)19)16-6-8-18-14-7-11-21-17(14)16/h2-8,11H,9-10,12H2,1H3. The Bertz CT molecular complexity index is 780. The molecule has 1 aliphatic rings. The number of rotatable bonds is 1. The second-order valence-electron chi connectivity index (χ2n) is 5.44. The fraction of sp³-hybridized carbons (Fsp3) is 0.235. The van der Waals surface area contributed by atoms with Gasteiger partial charge in [0.2, 0.25) is 0 Å². The average Bonchev–Trinajstić information content (AvgIpc) is 2.93. The van der Waals surface area contributed by atoms with Gasteiger partial charge in [0.25, 0.3) is 0 Å². The maximum Gasteiger partial charge on any atom is 0.0830 e. The van der Waals surface area contributed by atoms with Crippen molar-refractivity contribution < 1.29 is 0 Å². The first-order chi connectivity index (χ1) is 10.3. The number of nitrogens with zero attached hydrogens (tertiary/aromatic N) is 3. The number of para-hydroxylation sites is 1. The largest absolute Gasteiger partial charge is 0.373 e. The molecule has 2 aromatic heterocycles. The first kappa shape index (κ1) is 12.7. The van der Waals surface area contributed by atoms with Crippen LogP contribution in [0.1, 0.15) is 5.56 Å². The smallest absolute Gasteiger partial charge is 0.0830 e. The summed E-state index contributed by atoms with van der Waals surface area (Å²) in [7, 11) is 2.18. The van der Waals surface area contributed by atoms with Gasteiger partial charge in [0.05, 0.1) is 15.9 Å². The zero-order valence-electron chi connectivity index (χ0n) is 12.0. The summed E-state index contributed by atoms with van der Waals surface area (Å²) in [6.07, 6.45) is 1.92. The Balaban J connectivity index is 1.79. The molecular formula is C17H17N3S. The number of thiophene rings is 1. The minimum absolute atomic E-state index is 0.956. The molecule has 1 aromatic carbocycles. The van der Waals surface area contributed by atoms with E-state index in [-0.39, 0.29) is 0 Å². The number of hydrogen-bond acceptors (Lipinski definition) is 4. The van der Waals surface area contributed by atoms with Crippen LogP contribution in [0.2, 0.25) is 0 Å². The van der Waals surface area contributed by atoms with Crippen molar-refractivity contribution in [2.75, 3.05) is 29.9 Å². The first-order valence-corrected chi connectivity index (χ1v) is 8.07. The zero-order valence-corrected chi connectivity index (χ0v) is 12.8. The normalized spacial score (nSPS) is 15.1. The van der Waals surface area contributed by atoms with Gasteiger partial charge in [-0.15, -0.1) is 11.3 Å². The predicted octanol–water partition coefficient (Wildman–Crippen LogP) is 3.75. The molecule has 4 rings (SSSR count). The van der Waals surface area contributed by atoms with Crippen LogP contribution in [0.3, 0.4) is 0 Å². The van der Waals surface area contributed by atoms with Crippen LogP contribution >= 0.6 is 11.3 Å². The van der Waals surface area contributed by atoms with E-state index in [1.165, 1.54) is 21.6 Å². The fourth-order valence-corrected chi connectivity index (χ4v) is 3.90. The van der Waals surface area contributed by atoms with Crippen molar-refractivity contribution in [3.8, 4) is 0 Å². The van der Waals surface area contributed by atoms with Gasteiger partial charge in [-0.3, -0.25) is 4.98 Å². The lowest BCUT2D eigenvalue weighted by atomic mass is 10.1. The van der Waals surface area contributed by atoms with E-state index in [9.17, 15) is 0 Å². The van der Waals surface area contributed by atoms with Gasteiger partial charge < -0.3 is 9.80 Å². The van der Waals surface area contributed by atoms with Crippen LogP contribution in [-0.4, -0.2) is 25.1 Å². The van der Waals surface area contributed by atoms with Crippen LogP contribution in [0.25, 0.3) is 10.2 Å². The van der Waals surface area contributed by atoms with E-state index >= 15 is 0 Å². The van der Waals surface area contributed by atoms with Crippen LogP contribution in [0, 0.1) is 0 Å². The van der Waals surface area contributed by atoms with Gasteiger partial charge in [0, 0.05) is 38.6 Å². The molecule has 0 aliphatic carbocycles. The fourth-order valence-electron chi connectivity index (χ4n) is 3.01. The second-order valence-corrected chi connectivity index (χ2v) is 6.35. The van der Waals surface area contributed by atoms with Crippen molar-refractivity contribution in [1.82, 2.24) is 4.98 Å². The minimum Gasteiger partial charge on any atom is -0.373 e. The number of benzene rings is 1. The molecule has 0 unspecified atom stereocenters. The van der Waals surface area contributed by atoms with Crippen molar-refractivity contribution in [2.24, 2.45) is 0 Å². The average molecular weight is 295 g/mol. The monoisotopic (exact) mass is 295 g/mol. The Labute approximate surface area is 128 Å². The molecule has 0 spiro atoms. The van der Waals surface area contributed by atoms with Crippen LogP contribution < -0.4 is 9.80 Å². The van der Waals surface area contributed by atoms with E-state index in [0.717, 1.165) is 25.2 Å². The van der Waals surface area contributed by atoms with Crippen molar-refractivity contribution in [1.29, 1.82) is 0 Å². The van der Waals surface area contributed by atoms with Gasteiger partial charge in [-0.1, -0.05) is 18.2 Å². The van der Waals surface area contributed by atoms with Crippen molar-refractivity contribution in [3.63, 3.8) is 0 Å². The van der Waals surface area contributed by atoms with Crippen LogP contribution in [0.4, 0.5) is 11.4 Å².